The standard InChI is InChI=1S/C15H19N5O2/c1-3-22-15(21)12-5-4-8-16-14(12)18-11-6-7-13-17-10(2)19-20(13)9-11/h4-5,8,11H,3,6-7,9H2,1-2H3,(H,16,18)/t11-/m0/s1. The van der Waals surface area contributed by atoms with Gasteiger partial charge >= 0.3 is 5.97 Å². The molecule has 2 aromatic rings. The van der Waals surface area contributed by atoms with Crippen molar-refractivity contribution in [3.05, 3.63) is 35.5 Å². The monoisotopic (exact) mass is 301 g/mol. The van der Waals surface area contributed by atoms with Gasteiger partial charge in [-0.15, -0.1) is 0 Å². The minimum atomic E-state index is -0.355. The molecule has 1 aliphatic rings. The lowest BCUT2D eigenvalue weighted by Crippen LogP contribution is -2.33. The Bertz CT molecular complexity index is 682. The van der Waals surface area contributed by atoms with Gasteiger partial charge in [0.25, 0.3) is 0 Å². The Morgan fingerprint density at radius 2 is 2.41 bits per heavy atom. The summed E-state index contributed by atoms with van der Waals surface area (Å²) in [5, 5.41) is 7.72. The van der Waals surface area contributed by atoms with Crippen LogP contribution in [0.1, 0.15) is 35.4 Å². The fraction of sp³-hybridized carbons (Fsp3) is 0.467. The molecule has 2 aromatic heterocycles. The maximum Gasteiger partial charge on any atom is 0.341 e. The molecule has 0 amide bonds. The molecule has 7 heteroatoms. The van der Waals surface area contributed by atoms with Gasteiger partial charge < -0.3 is 10.1 Å². The summed E-state index contributed by atoms with van der Waals surface area (Å²) in [6.07, 6.45) is 3.45. The lowest BCUT2D eigenvalue weighted by atomic mass is 10.1. The molecule has 0 radical (unpaired) electrons. The molecule has 3 heterocycles. The van der Waals surface area contributed by atoms with E-state index in [1.165, 1.54) is 0 Å². The third-order valence-electron chi connectivity index (χ3n) is 3.61. The van der Waals surface area contributed by atoms with Gasteiger partial charge in [-0.25, -0.2) is 19.4 Å². The second kappa shape index (κ2) is 6.13. The van der Waals surface area contributed by atoms with E-state index >= 15 is 0 Å². The number of carbonyl (C=O) groups excluding carboxylic acids is 1. The van der Waals surface area contributed by atoms with Crippen LogP contribution in [0.2, 0.25) is 0 Å². The first-order chi connectivity index (χ1) is 10.7. The minimum absolute atomic E-state index is 0.164. The van der Waals surface area contributed by atoms with Gasteiger partial charge in [0.2, 0.25) is 0 Å². The minimum Gasteiger partial charge on any atom is -0.462 e. The van der Waals surface area contributed by atoms with Gasteiger partial charge in [0, 0.05) is 18.7 Å². The van der Waals surface area contributed by atoms with Gasteiger partial charge in [-0.05, 0) is 32.4 Å². The van der Waals surface area contributed by atoms with E-state index in [2.05, 4.69) is 20.4 Å². The van der Waals surface area contributed by atoms with E-state index in [9.17, 15) is 4.79 Å². The second-order valence-electron chi connectivity index (χ2n) is 5.26. The van der Waals surface area contributed by atoms with Gasteiger partial charge in [-0.2, -0.15) is 5.10 Å². The predicted molar refractivity (Wildman–Crippen MR) is 80.7 cm³/mol. The van der Waals surface area contributed by atoms with Crippen molar-refractivity contribution in [1.29, 1.82) is 0 Å². The Labute approximate surface area is 128 Å². The van der Waals surface area contributed by atoms with Crippen molar-refractivity contribution in [2.45, 2.75) is 39.3 Å². The van der Waals surface area contributed by atoms with Gasteiger partial charge in [0.15, 0.2) is 0 Å². The zero-order chi connectivity index (χ0) is 15.5. The maximum atomic E-state index is 12.0. The molecular weight excluding hydrogens is 282 g/mol. The van der Waals surface area contributed by atoms with Crippen LogP contribution in [-0.2, 0) is 17.7 Å². The largest absolute Gasteiger partial charge is 0.462 e. The van der Waals surface area contributed by atoms with Crippen LogP contribution in [0.25, 0.3) is 0 Å². The van der Waals surface area contributed by atoms with Crippen LogP contribution in [-0.4, -0.2) is 38.4 Å². The van der Waals surface area contributed by atoms with Gasteiger partial charge in [-0.1, -0.05) is 0 Å². The maximum absolute atomic E-state index is 12.0. The average molecular weight is 301 g/mol. The molecule has 0 spiro atoms. The van der Waals surface area contributed by atoms with Crippen LogP contribution in [0.3, 0.4) is 0 Å². The van der Waals surface area contributed by atoms with Gasteiger partial charge in [0.05, 0.1) is 13.2 Å². The lowest BCUT2D eigenvalue weighted by molar-refractivity contribution is 0.0527. The Balaban J connectivity index is 1.75. The molecule has 1 aliphatic heterocycles. The molecule has 0 saturated carbocycles. The first-order valence-corrected chi connectivity index (χ1v) is 7.46. The van der Waals surface area contributed by atoms with E-state index < -0.39 is 0 Å². The highest BCUT2D eigenvalue weighted by Gasteiger charge is 2.23. The number of ether oxygens (including phenoxy) is 1. The number of aryl methyl sites for hydroxylation is 2. The quantitative estimate of drug-likeness (QED) is 0.864. The second-order valence-corrected chi connectivity index (χ2v) is 5.26. The molecule has 0 fully saturated rings. The van der Waals surface area contributed by atoms with Crippen molar-refractivity contribution < 1.29 is 9.53 Å². The van der Waals surface area contributed by atoms with Crippen LogP contribution < -0.4 is 5.32 Å². The Kier molecular flexibility index (Phi) is 4.04. The lowest BCUT2D eigenvalue weighted by Gasteiger charge is -2.24. The van der Waals surface area contributed by atoms with E-state index in [-0.39, 0.29) is 12.0 Å². The zero-order valence-electron chi connectivity index (χ0n) is 12.7. The summed E-state index contributed by atoms with van der Waals surface area (Å²) in [6.45, 7) is 4.75. The zero-order valence-corrected chi connectivity index (χ0v) is 12.7. The van der Waals surface area contributed by atoms with E-state index in [0.717, 1.165) is 31.0 Å². The molecule has 3 rings (SSSR count). The molecule has 1 N–H and O–H groups in total. The summed E-state index contributed by atoms with van der Waals surface area (Å²) in [7, 11) is 0. The summed E-state index contributed by atoms with van der Waals surface area (Å²) in [4.78, 5) is 20.7. The van der Waals surface area contributed by atoms with Crippen molar-refractivity contribution in [1.82, 2.24) is 19.7 Å². The molecule has 1 atom stereocenters. The smallest absolute Gasteiger partial charge is 0.341 e. The molecule has 0 unspecified atom stereocenters. The number of esters is 1. The molecule has 0 aromatic carbocycles. The number of hydrogen-bond donors (Lipinski definition) is 1. The van der Waals surface area contributed by atoms with Gasteiger partial charge in [-0.3, -0.25) is 0 Å². The SMILES string of the molecule is CCOC(=O)c1cccnc1N[C@H]1CCc2nc(C)nn2C1. The number of anilines is 1. The summed E-state index contributed by atoms with van der Waals surface area (Å²) < 4.78 is 6.99. The van der Waals surface area contributed by atoms with Crippen molar-refractivity contribution >= 4 is 11.8 Å². The topological polar surface area (TPSA) is 81.9 Å². The van der Waals surface area contributed by atoms with Crippen LogP contribution in [0.15, 0.2) is 18.3 Å². The molecule has 0 saturated heterocycles. The number of fused-ring (bicyclic) bond motifs is 1. The first-order valence-electron chi connectivity index (χ1n) is 7.46. The van der Waals surface area contributed by atoms with Crippen LogP contribution in [0, 0.1) is 6.92 Å². The third kappa shape index (κ3) is 2.93. The van der Waals surface area contributed by atoms with E-state index in [4.69, 9.17) is 4.74 Å². The highest BCUT2D eigenvalue weighted by molar-refractivity contribution is 5.94. The summed E-state index contributed by atoms with van der Waals surface area (Å²) in [5.74, 6) is 2.01. The number of rotatable bonds is 4. The molecule has 0 aliphatic carbocycles. The number of hydrogen-bond acceptors (Lipinski definition) is 6. The summed E-state index contributed by atoms with van der Waals surface area (Å²) in [5.41, 5.74) is 0.463. The molecule has 0 bridgehead atoms. The number of carbonyl (C=O) groups is 1. The fourth-order valence-electron chi connectivity index (χ4n) is 2.64. The van der Waals surface area contributed by atoms with E-state index in [0.29, 0.717) is 18.0 Å². The van der Waals surface area contributed by atoms with Crippen molar-refractivity contribution in [2.24, 2.45) is 0 Å². The average Bonchev–Trinajstić information content (AvgIpc) is 2.87. The Morgan fingerprint density at radius 1 is 1.55 bits per heavy atom. The molecule has 7 nitrogen and oxygen atoms in total. The third-order valence-corrected chi connectivity index (χ3v) is 3.61. The van der Waals surface area contributed by atoms with Crippen molar-refractivity contribution in [2.75, 3.05) is 11.9 Å². The molecular formula is C15H19N5O2. The molecule has 116 valence electrons. The molecule has 22 heavy (non-hydrogen) atoms. The van der Waals surface area contributed by atoms with Gasteiger partial charge in [0.1, 0.15) is 23.0 Å². The van der Waals surface area contributed by atoms with Crippen LogP contribution in [0.5, 0.6) is 0 Å². The summed E-state index contributed by atoms with van der Waals surface area (Å²) in [6, 6.07) is 3.62. The van der Waals surface area contributed by atoms with E-state index in [1.807, 2.05) is 11.6 Å². The highest BCUT2D eigenvalue weighted by Crippen LogP contribution is 2.19. The van der Waals surface area contributed by atoms with E-state index in [1.54, 1.807) is 25.3 Å². The highest BCUT2D eigenvalue weighted by atomic mass is 16.5. The number of pyridine rings is 1. The Hall–Kier alpha value is -2.44. The number of nitrogens with zero attached hydrogens (tertiary/aromatic N) is 4. The predicted octanol–water partition coefficient (Wildman–Crippen LogP) is 1.59. The Morgan fingerprint density at radius 3 is 3.23 bits per heavy atom. The van der Waals surface area contributed by atoms with Crippen LogP contribution in [0.4, 0.5) is 5.82 Å². The fourth-order valence-corrected chi connectivity index (χ4v) is 2.64. The summed E-state index contributed by atoms with van der Waals surface area (Å²) >= 11 is 0. The number of nitrogens with one attached hydrogen (secondary N) is 1. The van der Waals surface area contributed by atoms with Crippen molar-refractivity contribution in [3.63, 3.8) is 0 Å². The number of aromatic nitrogens is 4. The normalized spacial score (nSPS) is 16.9. The first kappa shape index (κ1) is 14.5. The van der Waals surface area contributed by atoms with Crippen molar-refractivity contribution in [3.8, 4) is 0 Å². The van der Waals surface area contributed by atoms with Crippen LogP contribution >= 0.6 is 0 Å².